The van der Waals surface area contributed by atoms with Crippen molar-refractivity contribution in [2.75, 3.05) is 10.6 Å². The zero-order valence-electron chi connectivity index (χ0n) is 18.4. The Morgan fingerprint density at radius 3 is 2.24 bits per heavy atom. The van der Waals surface area contributed by atoms with Gasteiger partial charge in [-0.05, 0) is 73.2 Å². The van der Waals surface area contributed by atoms with E-state index >= 15 is 0 Å². The standard InChI is InChI=1S/C27H24N2O4/c1-16-4-3-5-22(14-16)29-27(33)28-21-10-6-18(7-11-21)19-8-13-24-20(15-19)9-12-23(25(24)30)17(2)26(31)32/h3-8,10-11,13-15H,9,12H2,1-2H3,(H,31,32)(H2,28,29,33)/b23-17+. The summed E-state index contributed by atoms with van der Waals surface area (Å²) in [5, 5.41) is 14.8. The summed E-state index contributed by atoms with van der Waals surface area (Å²) in [5.74, 6) is -1.26. The number of carboxylic acids is 1. The van der Waals surface area contributed by atoms with Crippen LogP contribution in [0.3, 0.4) is 0 Å². The lowest BCUT2D eigenvalue weighted by atomic mass is 9.83. The lowest BCUT2D eigenvalue weighted by molar-refractivity contribution is -0.132. The number of carbonyl (C=O) groups excluding carboxylic acids is 2. The van der Waals surface area contributed by atoms with Gasteiger partial charge in [0.05, 0.1) is 0 Å². The number of hydrogen-bond donors (Lipinski definition) is 3. The van der Waals surface area contributed by atoms with Gasteiger partial charge in [0, 0.05) is 28.1 Å². The maximum atomic E-state index is 12.7. The molecule has 3 aromatic rings. The molecule has 166 valence electrons. The third-order valence-corrected chi connectivity index (χ3v) is 5.79. The van der Waals surface area contributed by atoms with E-state index in [0.717, 1.165) is 27.9 Å². The molecule has 6 nitrogen and oxygen atoms in total. The zero-order chi connectivity index (χ0) is 23.5. The van der Waals surface area contributed by atoms with Crippen molar-refractivity contribution in [1.82, 2.24) is 0 Å². The van der Waals surface area contributed by atoms with Crippen molar-refractivity contribution >= 4 is 29.2 Å². The highest BCUT2D eigenvalue weighted by Crippen LogP contribution is 2.31. The first-order valence-corrected chi connectivity index (χ1v) is 10.7. The molecule has 0 aromatic heterocycles. The maximum Gasteiger partial charge on any atom is 0.331 e. The lowest BCUT2D eigenvalue weighted by Gasteiger charge is -2.19. The van der Waals surface area contributed by atoms with Crippen molar-refractivity contribution in [3.63, 3.8) is 0 Å². The zero-order valence-corrected chi connectivity index (χ0v) is 18.4. The molecule has 0 saturated carbocycles. The Kier molecular flexibility index (Phi) is 6.09. The van der Waals surface area contributed by atoms with Crippen LogP contribution in [0.2, 0.25) is 0 Å². The molecule has 0 fully saturated rings. The predicted octanol–water partition coefficient (Wildman–Crippen LogP) is 5.84. The molecule has 0 bridgehead atoms. The van der Waals surface area contributed by atoms with Gasteiger partial charge in [0.2, 0.25) is 0 Å². The first-order chi connectivity index (χ1) is 15.8. The van der Waals surface area contributed by atoms with Crippen LogP contribution in [0.1, 0.15) is 34.8 Å². The molecule has 4 rings (SSSR count). The third kappa shape index (κ3) is 4.85. The van der Waals surface area contributed by atoms with E-state index < -0.39 is 5.97 Å². The van der Waals surface area contributed by atoms with Gasteiger partial charge < -0.3 is 15.7 Å². The van der Waals surface area contributed by atoms with Crippen molar-refractivity contribution in [2.24, 2.45) is 0 Å². The highest BCUT2D eigenvalue weighted by atomic mass is 16.4. The number of Topliss-reactive ketones (excluding diaryl/α,β-unsaturated/α-hetero) is 1. The summed E-state index contributed by atoms with van der Waals surface area (Å²) in [6.07, 6.45) is 1.04. The Labute approximate surface area is 192 Å². The molecule has 0 heterocycles. The number of hydrogen-bond acceptors (Lipinski definition) is 3. The fraction of sp³-hybridized carbons (Fsp3) is 0.148. The minimum Gasteiger partial charge on any atom is -0.478 e. The molecule has 33 heavy (non-hydrogen) atoms. The first kappa shape index (κ1) is 22.0. The molecule has 1 aliphatic carbocycles. The number of ketones is 1. The SMILES string of the molecule is C/C(C(=O)O)=C1/CCc2cc(-c3ccc(NC(=O)Nc4cccc(C)c4)cc3)ccc2C1=O. The lowest BCUT2D eigenvalue weighted by Crippen LogP contribution is -2.19. The monoisotopic (exact) mass is 440 g/mol. The van der Waals surface area contributed by atoms with Crippen molar-refractivity contribution < 1.29 is 19.5 Å². The summed E-state index contributed by atoms with van der Waals surface area (Å²) in [7, 11) is 0. The summed E-state index contributed by atoms with van der Waals surface area (Å²) in [6, 6.07) is 20.3. The van der Waals surface area contributed by atoms with E-state index in [-0.39, 0.29) is 17.4 Å². The van der Waals surface area contributed by atoms with Crippen LogP contribution in [0.4, 0.5) is 16.2 Å². The average molecular weight is 440 g/mol. The third-order valence-electron chi connectivity index (χ3n) is 5.79. The van der Waals surface area contributed by atoms with Crippen LogP contribution in [0.25, 0.3) is 11.1 Å². The molecular formula is C27H24N2O4. The highest BCUT2D eigenvalue weighted by molar-refractivity contribution is 6.14. The minimum absolute atomic E-state index is 0.115. The van der Waals surface area contributed by atoms with E-state index in [4.69, 9.17) is 0 Å². The number of urea groups is 1. The van der Waals surface area contributed by atoms with Crippen molar-refractivity contribution in [3.05, 3.63) is 94.6 Å². The van der Waals surface area contributed by atoms with E-state index in [1.54, 1.807) is 6.07 Å². The quantitative estimate of drug-likeness (QED) is 0.444. The topological polar surface area (TPSA) is 95.5 Å². The number of rotatable bonds is 4. The fourth-order valence-corrected chi connectivity index (χ4v) is 3.99. The average Bonchev–Trinajstić information content (AvgIpc) is 2.79. The van der Waals surface area contributed by atoms with E-state index in [2.05, 4.69) is 10.6 Å². The Morgan fingerprint density at radius 1 is 0.848 bits per heavy atom. The van der Waals surface area contributed by atoms with E-state index in [1.807, 2.05) is 67.6 Å². The van der Waals surface area contributed by atoms with Crippen molar-refractivity contribution in [3.8, 4) is 11.1 Å². The molecule has 0 spiro atoms. The fourth-order valence-electron chi connectivity index (χ4n) is 3.99. The van der Waals surface area contributed by atoms with Crippen molar-refractivity contribution in [1.29, 1.82) is 0 Å². The number of allylic oxidation sites excluding steroid dienone is 1. The Bertz CT molecular complexity index is 1290. The van der Waals surface area contributed by atoms with Gasteiger partial charge in [-0.2, -0.15) is 0 Å². The molecule has 0 saturated heterocycles. The number of fused-ring (bicyclic) bond motifs is 1. The van der Waals surface area contributed by atoms with Crippen LogP contribution in [0.15, 0.2) is 77.9 Å². The number of aliphatic carboxylic acids is 1. The minimum atomic E-state index is -1.06. The second kappa shape index (κ2) is 9.12. The largest absolute Gasteiger partial charge is 0.478 e. The van der Waals surface area contributed by atoms with Crippen LogP contribution in [-0.2, 0) is 11.2 Å². The Hall–Kier alpha value is -4.19. The van der Waals surface area contributed by atoms with Gasteiger partial charge in [-0.15, -0.1) is 0 Å². The number of carboxylic acid groups (broad SMARTS) is 1. The van der Waals surface area contributed by atoms with Gasteiger partial charge in [0.15, 0.2) is 5.78 Å². The summed E-state index contributed by atoms with van der Waals surface area (Å²) in [4.78, 5) is 36.3. The Morgan fingerprint density at radius 2 is 1.55 bits per heavy atom. The number of benzene rings is 3. The smallest absolute Gasteiger partial charge is 0.331 e. The molecule has 0 aliphatic heterocycles. The second-order valence-electron chi connectivity index (χ2n) is 8.14. The van der Waals surface area contributed by atoms with Crippen LogP contribution < -0.4 is 10.6 Å². The normalized spacial score (nSPS) is 14.3. The summed E-state index contributed by atoms with van der Waals surface area (Å²) in [6.45, 7) is 3.44. The maximum absolute atomic E-state index is 12.7. The molecule has 6 heteroatoms. The van der Waals surface area contributed by atoms with Crippen molar-refractivity contribution in [2.45, 2.75) is 26.7 Å². The van der Waals surface area contributed by atoms with E-state index in [9.17, 15) is 19.5 Å². The molecule has 3 aromatic carbocycles. The summed E-state index contributed by atoms with van der Waals surface area (Å²) < 4.78 is 0. The van der Waals surface area contributed by atoms with Gasteiger partial charge in [0.1, 0.15) is 0 Å². The number of aryl methyl sites for hydroxylation is 2. The van der Waals surface area contributed by atoms with Crippen LogP contribution >= 0.6 is 0 Å². The predicted molar refractivity (Wildman–Crippen MR) is 129 cm³/mol. The summed E-state index contributed by atoms with van der Waals surface area (Å²) in [5.41, 5.74) is 6.34. The van der Waals surface area contributed by atoms with Gasteiger partial charge >= 0.3 is 12.0 Å². The van der Waals surface area contributed by atoms with Gasteiger partial charge in [0.25, 0.3) is 0 Å². The van der Waals surface area contributed by atoms with Crippen LogP contribution in [-0.4, -0.2) is 22.9 Å². The van der Waals surface area contributed by atoms with Gasteiger partial charge in [-0.1, -0.05) is 42.5 Å². The molecular weight excluding hydrogens is 416 g/mol. The van der Waals surface area contributed by atoms with Crippen LogP contribution in [0.5, 0.6) is 0 Å². The molecule has 0 unspecified atom stereocenters. The molecule has 0 radical (unpaired) electrons. The van der Waals surface area contributed by atoms with Gasteiger partial charge in [-0.3, -0.25) is 4.79 Å². The highest BCUT2D eigenvalue weighted by Gasteiger charge is 2.25. The van der Waals surface area contributed by atoms with Gasteiger partial charge in [-0.25, -0.2) is 9.59 Å². The molecule has 3 N–H and O–H groups in total. The second-order valence-corrected chi connectivity index (χ2v) is 8.14. The number of carbonyl (C=O) groups is 3. The number of anilines is 2. The Balaban J connectivity index is 1.47. The molecule has 2 amide bonds. The number of amides is 2. The van der Waals surface area contributed by atoms with E-state index in [0.29, 0.717) is 29.7 Å². The van der Waals surface area contributed by atoms with Crippen LogP contribution in [0, 0.1) is 6.92 Å². The first-order valence-electron chi connectivity index (χ1n) is 10.7. The number of nitrogens with one attached hydrogen (secondary N) is 2. The van der Waals surface area contributed by atoms with E-state index in [1.165, 1.54) is 6.92 Å². The molecule has 1 aliphatic rings. The summed E-state index contributed by atoms with van der Waals surface area (Å²) >= 11 is 0. The molecule has 0 atom stereocenters.